The second kappa shape index (κ2) is 8.63. The van der Waals surface area contributed by atoms with Crippen molar-refractivity contribution >= 4 is 34.7 Å². The summed E-state index contributed by atoms with van der Waals surface area (Å²) in [4.78, 5) is 5.63. The zero-order valence-corrected chi connectivity index (χ0v) is 15.5. The average molecular weight is 380 g/mol. The number of hydrogen-bond acceptors (Lipinski definition) is 4. The topological polar surface area (TPSA) is 51.0 Å². The van der Waals surface area contributed by atoms with E-state index >= 15 is 0 Å². The van der Waals surface area contributed by atoms with Gasteiger partial charge in [0.05, 0.1) is 29.0 Å². The van der Waals surface area contributed by atoms with Gasteiger partial charge in [-0.3, -0.25) is 5.43 Å². The van der Waals surface area contributed by atoms with Crippen molar-refractivity contribution in [3.8, 4) is 0 Å². The number of ether oxygens (including phenoxy) is 1. The van der Waals surface area contributed by atoms with Crippen LogP contribution in [0.2, 0.25) is 10.0 Å². The molecule has 0 unspecified atom stereocenters. The molecule has 0 amide bonds. The molecule has 25 heavy (non-hydrogen) atoms. The molecule has 2 aromatic rings. The first-order chi connectivity index (χ1) is 12.1. The molecule has 1 aromatic carbocycles. The minimum Gasteiger partial charge on any atom is -0.370 e. The molecular formula is C18H21Cl2N4O+. The molecule has 2 heterocycles. The van der Waals surface area contributed by atoms with Crippen molar-refractivity contribution in [1.82, 2.24) is 4.98 Å². The van der Waals surface area contributed by atoms with E-state index in [4.69, 9.17) is 27.9 Å². The normalized spacial score (nSPS) is 17.3. The van der Waals surface area contributed by atoms with E-state index in [2.05, 4.69) is 39.8 Å². The average Bonchev–Trinajstić information content (AvgIpc) is 2.63. The summed E-state index contributed by atoms with van der Waals surface area (Å²) in [6, 6.07) is 12.2. The third kappa shape index (κ3) is 4.70. The van der Waals surface area contributed by atoms with Gasteiger partial charge < -0.3 is 9.64 Å². The van der Waals surface area contributed by atoms with Gasteiger partial charge in [0.2, 0.25) is 0 Å². The minimum absolute atomic E-state index is 0.156. The van der Waals surface area contributed by atoms with Crippen molar-refractivity contribution in [1.29, 1.82) is 0 Å². The summed E-state index contributed by atoms with van der Waals surface area (Å²) in [7, 11) is 0. The molecule has 0 saturated carbocycles. The van der Waals surface area contributed by atoms with Gasteiger partial charge in [0.1, 0.15) is 13.1 Å². The predicted molar refractivity (Wildman–Crippen MR) is 102 cm³/mol. The van der Waals surface area contributed by atoms with Gasteiger partial charge in [-0.2, -0.15) is 5.10 Å². The molecule has 1 aromatic heterocycles. The molecule has 0 aliphatic carbocycles. The lowest BCUT2D eigenvalue weighted by molar-refractivity contribution is -0.928. The molecule has 0 radical (unpaired) electrons. The summed E-state index contributed by atoms with van der Waals surface area (Å²) in [6.45, 7) is 5.46. The van der Waals surface area contributed by atoms with Crippen LogP contribution in [0.4, 0.5) is 5.82 Å². The van der Waals surface area contributed by atoms with Crippen LogP contribution in [0.5, 0.6) is 0 Å². The Morgan fingerprint density at radius 2 is 1.96 bits per heavy atom. The van der Waals surface area contributed by atoms with Crippen LogP contribution in [0.3, 0.4) is 0 Å². The van der Waals surface area contributed by atoms with Crippen LogP contribution in [0.25, 0.3) is 0 Å². The molecule has 1 aliphatic rings. The van der Waals surface area contributed by atoms with E-state index in [0.29, 0.717) is 15.9 Å². The van der Waals surface area contributed by atoms with Crippen molar-refractivity contribution in [3.63, 3.8) is 0 Å². The molecule has 7 heteroatoms. The summed E-state index contributed by atoms with van der Waals surface area (Å²) in [5.41, 5.74) is 5.17. The fourth-order valence-electron chi connectivity index (χ4n) is 3.04. The molecule has 5 nitrogen and oxygen atoms in total. The first kappa shape index (κ1) is 18.1. The maximum Gasteiger partial charge on any atom is 0.165 e. The highest BCUT2D eigenvalue weighted by Crippen LogP contribution is 2.22. The molecule has 3 rings (SSSR count). The molecule has 1 aliphatic heterocycles. The van der Waals surface area contributed by atoms with Crippen molar-refractivity contribution in [3.05, 3.63) is 58.2 Å². The van der Waals surface area contributed by atoms with Gasteiger partial charge in [-0.1, -0.05) is 53.5 Å². The SMILES string of the molecule is C/C(=N/Nc1ncc(Cl)cc1Cl)[C@@H](c1ccccc1)[NH+]1CCOCC1. The van der Waals surface area contributed by atoms with Gasteiger partial charge in [-0.05, 0) is 13.0 Å². The van der Waals surface area contributed by atoms with E-state index in [1.165, 1.54) is 10.5 Å². The van der Waals surface area contributed by atoms with Crippen LogP contribution in [0, 0.1) is 0 Å². The molecule has 132 valence electrons. The van der Waals surface area contributed by atoms with Gasteiger partial charge >= 0.3 is 0 Å². The standard InChI is InChI=1S/C18H20Cl2N4O/c1-13(22-23-18-16(20)11-15(19)12-21-18)17(14-5-3-2-4-6-14)24-7-9-25-10-8-24/h2-6,11-12,17H,7-10H2,1H3,(H,21,23)/p+1/b22-13-/t17-/m0/s1. The van der Waals surface area contributed by atoms with E-state index in [1.54, 1.807) is 12.3 Å². The molecule has 1 saturated heterocycles. The van der Waals surface area contributed by atoms with Crippen molar-refractivity contribution < 1.29 is 9.64 Å². The number of anilines is 1. The first-order valence-electron chi connectivity index (χ1n) is 8.23. The van der Waals surface area contributed by atoms with Gasteiger partial charge in [-0.25, -0.2) is 4.98 Å². The monoisotopic (exact) mass is 379 g/mol. The van der Waals surface area contributed by atoms with Gasteiger partial charge in [0.25, 0.3) is 0 Å². The van der Waals surface area contributed by atoms with Crippen molar-refractivity contribution in [2.45, 2.75) is 13.0 Å². The fourth-order valence-corrected chi connectivity index (χ4v) is 3.46. The lowest BCUT2D eigenvalue weighted by Crippen LogP contribution is -3.15. The molecular weight excluding hydrogens is 359 g/mol. The third-order valence-electron chi connectivity index (χ3n) is 4.24. The van der Waals surface area contributed by atoms with E-state index in [1.807, 2.05) is 13.0 Å². The number of morpholine rings is 1. The van der Waals surface area contributed by atoms with Crippen LogP contribution in [-0.2, 0) is 4.74 Å². The Hall–Kier alpha value is -1.66. The van der Waals surface area contributed by atoms with Gasteiger partial charge in [-0.15, -0.1) is 0 Å². The lowest BCUT2D eigenvalue weighted by atomic mass is 10.0. The number of pyridine rings is 1. The van der Waals surface area contributed by atoms with E-state index in [9.17, 15) is 0 Å². The van der Waals surface area contributed by atoms with Crippen LogP contribution >= 0.6 is 23.2 Å². The quantitative estimate of drug-likeness (QED) is 0.620. The maximum absolute atomic E-state index is 6.16. The van der Waals surface area contributed by atoms with Crippen LogP contribution in [-0.4, -0.2) is 37.0 Å². The number of nitrogens with zero attached hydrogens (tertiary/aromatic N) is 2. The van der Waals surface area contributed by atoms with Gasteiger partial charge in [0.15, 0.2) is 11.9 Å². The Bertz CT molecular complexity index is 733. The zero-order chi connectivity index (χ0) is 17.6. The summed E-state index contributed by atoms with van der Waals surface area (Å²) >= 11 is 12.0. The van der Waals surface area contributed by atoms with E-state index in [0.717, 1.165) is 32.0 Å². The predicted octanol–water partition coefficient (Wildman–Crippen LogP) is 2.83. The minimum atomic E-state index is 0.156. The number of halogens is 2. The highest BCUT2D eigenvalue weighted by molar-refractivity contribution is 6.35. The zero-order valence-electron chi connectivity index (χ0n) is 14.0. The number of nitrogens with one attached hydrogen (secondary N) is 2. The van der Waals surface area contributed by atoms with Gasteiger partial charge in [0, 0.05) is 11.8 Å². The summed E-state index contributed by atoms with van der Waals surface area (Å²) in [6.07, 6.45) is 1.54. The van der Waals surface area contributed by atoms with Crippen LogP contribution in [0.15, 0.2) is 47.7 Å². The van der Waals surface area contributed by atoms with E-state index in [-0.39, 0.29) is 6.04 Å². The number of aromatic nitrogens is 1. The lowest BCUT2D eigenvalue weighted by Gasteiger charge is -2.31. The molecule has 0 bridgehead atoms. The molecule has 1 fully saturated rings. The number of rotatable bonds is 5. The Morgan fingerprint density at radius 3 is 2.64 bits per heavy atom. The highest BCUT2D eigenvalue weighted by Gasteiger charge is 2.29. The van der Waals surface area contributed by atoms with Crippen molar-refractivity contribution in [2.24, 2.45) is 5.10 Å². The number of hydrogen-bond donors (Lipinski definition) is 2. The van der Waals surface area contributed by atoms with E-state index < -0.39 is 0 Å². The largest absolute Gasteiger partial charge is 0.370 e. The van der Waals surface area contributed by atoms with Crippen LogP contribution < -0.4 is 10.3 Å². The molecule has 0 spiro atoms. The Balaban J connectivity index is 1.84. The Kier molecular flexibility index (Phi) is 6.26. The number of benzene rings is 1. The Labute approximate surface area is 157 Å². The second-order valence-electron chi connectivity index (χ2n) is 5.96. The number of quaternary nitrogens is 1. The maximum atomic E-state index is 6.16. The highest BCUT2D eigenvalue weighted by atomic mass is 35.5. The van der Waals surface area contributed by atoms with Crippen molar-refractivity contribution in [2.75, 3.05) is 31.7 Å². The number of hydrazone groups is 1. The molecule has 2 N–H and O–H groups in total. The second-order valence-corrected chi connectivity index (χ2v) is 6.81. The fraction of sp³-hybridized carbons (Fsp3) is 0.333. The Morgan fingerprint density at radius 1 is 1.24 bits per heavy atom. The first-order valence-corrected chi connectivity index (χ1v) is 8.99. The molecule has 1 atom stereocenters. The summed E-state index contributed by atoms with van der Waals surface area (Å²) < 4.78 is 5.51. The summed E-state index contributed by atoms with van der Waals surface area (Å²) in [5.74, 6) is 0.495. The summed E-state index contributed by atoms with van der Waals surface area (Å²) in [5, 5.41) is 5.49. The smallest absolute Gasteiger partial charge is 0.165 e. The third-order valence-corrected chi connectivity index (χ3v) is 4.73. The van der Waals surface area contributed by atoms with Crippen LogP contribution in [0.1, 0.15) is 18.5 Å².